The van der Waals surface area contributed by atoms with Crippen molar-refractivity contribution in [2.24, 2.45) is 5.92 Å². The number of unbranched alkanes of at least 4 members (excludes halogenated alkanes) is 1. The van der Waals surface area contributed by atoms with Crippen molar-refractivity contribution < 1.29 is 4.79 Å². The normalized spacial score (nSPS) is 17.2. The predicted molar refractivity (Wildman–Crippen MR) is 59.1 cm³/mol. The molecule has 0 bridgehead atoms. The van der Waals surface area contributed by atoms with Crippen LogP contribution in [0.25, 0.3) is 0 Å². The highest BCUT2D eigenvalue weighted by atomic mass is 16.1. The second-order valence-corrected chi connectivity index (χ2v) is 4.39. The molecule has 0 saturated heterocycles. The smallest absolute Gasteiger partial charge is 0.220 e. The van der Waals surface area contributed by atoms with Gasteiger partial charge < -0.3 is 5.32 Å². The van der Waals surface area contributed by atoms with Gasteiger partial charge in [0, 0.05) is 13.0 Å². The Morgan fingerprint density at radius 1 is 1.36 bits per heavy atom. The molecule has 1 saturated carbocycles. The molecule has 0 aromatic carbocycles. The lowest BCUT2D eigenvalue weighted by atomic mass is 10.0. The van der Waals surface area contributed by atoms with Crippen molar-refractivity contribution in [2.75, 3.05) is 6.54 Å². The second-order valence-electron chi connectivity index (χ2n) is 4.39. The van der Waals surface area contributed by atoms with Gasteiger partial charge in [-0.2, -0.15) is 0 Å². The van der Waals surface area contributed by atoms with Gasteiger partial charge in [-0.15, -0.1) is 0 Å². The Labute approximate surface area is 87.5 Å². The van der Waals surface area contributed by atoms with Crippen LogP contribution in [0.15, 0.2) is 0 Å². The second kappa shape index (κ2) is 6.86. The fraction of sp³-hybridized carbons (Fsp3) is 0.917. The molecule has 82 valence electrons. The Morgan fingerprint density at radius 3 is 2.71 bits per heavy atom. The lowest BCUT2D eigenvalue weighted by Crippen LogP contribution is -2.24. The Hall–Kier alpha value is -0.530. The Bertz CT molecular complexity index is 162. The van der Waals surface area contributed by atoms with E-state index in [0.29, 0.717) is 0 Å². The van der Waals surface area contributed by atoms with Gasteiger partial charge in [-0.1, -0.05) is 39.0 Å². The molecule has 1 N–H and O–H groups in total. The molecule has 0 heterocycles. The summed E-state index contributed by atoms with van der Waals surface area (Å²) in [6.07, 6.45) is 9.57. The van der Waals surface area contributed by atoms with Crippen LogP contribution >= 0.6 is 0 Å². The van der Waals surface area contributed by atoms with Crippen LogP contribution in [0.4, 0.5) is 0 Å². The minimum Gasteiger partial charge on any atom is -0.356 e. The van der Waals surface area contributed by atoms with E-state index in [2.05, 4.69) is 12.2 Å². The average Bonchev–Trinajstić information content (AvgIpc) is 2.68. The lowest BCUT2D eigenvalue weighted by molar-refractivity contribution is -0.121. The van der Waals surface area contributed by atoms with Crippen LogP contribution in [0.2, 0.25) is 0 Å². The third-order valence-electron chi connectivity index (χ3n) is 3.11. The number of hydrogen-bond acceptors (Lipinski definition) is 1. The zero-order valence-electron chi connectivity index (χ0n) is 9.35. The number of nitrogens with one attached hydrogen (secondary N) is 1. The van der Waals surface area contributed by atoms with Crippen LogP contribution in [0.3, 0.4) is 0 Å². The van der Waals surface area contributed by atoms with E-state index < -0.39 is 0 Å². The first-order valence-electron chi connectivity index (χ1n) is 6.09. The van der Waals surface area contributed by atoms with Gasteiger partial charge >= 0.3 is 0 Å². The maximum Gasteiger partial charge on any atom is 0.220 e. The summed E-state index contributed by atoms with van der Waals surface area (Å²) >= 11 is 0. The molecule has 0 unspecified atom stereocenters. The van der Waals surface area contributed by atoms with Gasteiger partial charge in [0.1, 0.15) is 0 Å². The van der Waals surface area contributed by atoms with Crippen molar-refractivity contribution >= 4 is 5.91 Å². The van der Waals surface area contributed by atoms with E-state index in [1.165, 1.54) is 25.7 Å². The Morgan fingerprint density at radius 2 is 2.07 bits per heavy atom. The molecule has 2 heteroatoms. The SMILES string of the molecule is CCCCNC(=O)CCC1CCCC1. The minimum atomic E-state index is 0.255. The maximum atomic E-state index is 11.4. The van der Waals surface area contributed by atoms with Gasteiger partial charge in [0.2, 0.25) is 5.91 Å². The lowest BCUT2D eigenvalue weighted by Gasteiger charge is -2.08. The number of amides is 1. The van der Waals surface area contributed by atoms with E-state index in [1.54, 1.807) is 0 Å². The first-order chi connectivity index (χ1) is 6.83. The highest BCUT2D eigenvalue weighted by Crippen LogP contribution is 2.28. The largest absolute Gasteiger partial charge is 0.356 e. The number of rotatable bonds is 6. The number of hydrogen-bond donors (Lipinski definition) is 1. The molecule has 0 spiro atoms. The molecule has 1 rings (SSSR count). The van der Waals surface area contributed by atoms with E-state index in [4.69, 9.17) is 0 Å². The van der Waals surface area contributed by atoms with Gasteiger partial charge in [0.05, 0.1) is 0 Å². The average molecular weight is 197 g/mol. The highest BCUT2D eigenvalue weighted by molar-refractivity contribution is 5.75. The molecule has 1 amide bonds. The predicted octanol–water partition coefficient (Wildman–Crippen LogP) is 2.87. The van der Waals surface area contributed by atoms with Crippen molar-refractivity contribution in [3.05, 3.63) is 0 Å². The summed E-state index contributed by atoms with van der Waals surface area (Å²) in [4.78, 5) is 11.4. The van der Waals surface area contributed by atoms with Crippen molar-refractivity contribution in [3.8, 4) is 0 Å². The summed E-state index contributed by atoms with van der Waals surface area (Å²) < 4.78 is 0. The van der Waals surface area contributed by atoms with E-state index >= 15 is 0 Å². The fourth-order valence-corrected chi connectivity index (χ4v) is 2.13. The van der Waals surface area contributed by atoms with Crippen molar-refractivity contribution in [1.82, 2.24) is 5.32 Å². The zero-order chi connectivity index (χ0) is 10.2. The first kappa shape index (κ1) is 11.5. The van der Waals surface area contributed by atoms with Crippen LogP contribution in [-0.4, -0.2) is 12.5 Å². The van der Waals surface area contributed by atoms with E-state index in [-0.39, 0.29) is 5.91 Å². The summed E-state index contributed by atoms with van der Waals surface area (Å²) in [5.74, 6) is 1.09. The van der Waals surface area contributed by atoms with E-state index in [0.717, 1.165) is 38.1 Å². The molecular formula is C12H23NO. The molecule has 14 heavy (non-hydrogen) atoms. The molecule has 0 aromatic rings. The number of carbonyl (C=O) groups excluding carboxylic acids is 1. The first-order valence-corrected chi connectivity index (χ1v) is 6.09. The van der Waals surface area contributed by atoms with E-state index in [9.17, 15) is 4.79 Å². The fourth-order valence-electron chi connectivity index (χ4n) is 2.13. The summed E-state index contributed by atoms with van der Waals surface area (Å²) in [7, 11) is 0. The standard InChI is InChI=1S/C12H23NO/c1-2-3-10-13-12(14)9-8-11-6-4-5-7-11/h11H,2-10H2,1H3,(H,13,14). The van der Waals surface area contributed by atoms with Gasteiger partial charge in [-0.05, 0) is 18.8 Å². The third-order valence-corrected chi connectivity index (χ3v) is 3.11. The number of carbonyl (C=O) groups is 1. The van der Waals surface area contributed by atoms with Gasteiger partial charge in [-0.25, -0.2) is 0 Å². The van der Waals surface area contributed by atoms with Crippen LogP contribution in [0.5, 0.6) is 0 Å². The molecule has 1 aliphatic carbocycles. The van der Waals surface area contributed by atoms with Crippen LogP contribution < -0.4 is 5.32 Å². The van der Waals surface area contributed by atoms with E-state index in [1.807, 2.05) is 0 Å². The summed E-state index contributed by atoms with van der Waals surface area (Å²) in [5, 5.41) is 2.97. The maximum absolute atomic E-state index is 11.4. The molecule has 1 fully saturated rings. The Balaban J connectivity index is 1.96. The summed E-state index contributed by atoms with van der Waals surface area (Å²) in [5.41, 5.74) is 0. The zero-order valence-corrected chi connectivity index (χ0v) is 9.35. The van der Waals surface area contributed by atoms with Gasteiger partial charge in [0.15, 0.2) is 0 Å². The summed E-state index contributed by atoms with van der Waals surface area (Å²) in [6, 6.07) is 0. The molecule has 0 radical (unpaired) electrons. The van der Waals surface area contributed by atoms with Crippen LogP contribution in [0, 0.1) is 5.92 Å². The van der Waals surface area contributed by atoms with Crippen molar-refractivity contribution in [3.63, 3.8) is 0 Å². The van der Waals surface area contributed by atoms with Crippen LogP contribution in [-0.2, 0) is 4.79 Å². The van der Waals surface area contributed by atoms with Crippen molar-refractivity contribution in [2.45, 2.75) is 58.3 Å². The van der Waals surface area contributed by atoms with Gasteiger partial charge in [0.25, 0.3) is 0 Å². The minimum absolute atomic E-state index is 0.255. The monoisotopic (exact) mass is 197 g/mol. The third kappa shape index (κ3) is 4.64. The molecule has 0 aromatic heterocycles. The summed E-state index contributed by atoms with van der Waals surface area (Å²) in [6.45, 7) is 3.00. The quantitative estimate of drug-likeness (QED) is 0.652. The highest BCUT2D eigenvalue weighted by Gasteiger charge is 2.15. The molecular weight excluding hydrogens is 174 g/mol. The molecule has 0 aliphatic heterocycles. The van der Waals surface area contributed by atoms with Crippen molar-refractivity contribution in [1.29, 1.82) is 0 Å². The Kier molecular flexibility index (Phi) is 5.65. The molecule has 2 nitrogen and oxygen atoms in total. The topological polar surface area (TPSA) is 29.1 Å². The molecule has 0 atom stereocenters. The van der Waals surface area contributed by atoms with Crippen LogP contribution in [0.1, 0.15) is 58.3 Å². The molecule has 1 aliphatic rings. The van der Waals surface area contributed by atoms with Gasteiger partial charge in [-0.3, -0.25) is 4.79 Å².